The maximum absolute atomic E-state index is 11.6. The van der Waals surface area contributed by atoms with Crippen LogP contribution in [-0.2, 0) is 4.79 Å². The third kappa shape index (κ3) is 4.68. The molecule has 1 aromatic rings. The van der Waals surface area contributed by atoms with Gasteiger partial charge in [-0.25, -0.2) is 0 Å². The molecule has 0 atom stereocenters. The van der Waals surface area contributed by atoms with Gasteiger partial charge in [-0.2, -0.15) is 0 Å². The predicted molar refractivity (Wildman–Crippen MR) is 67.1 cm³/mol. The SMILES string of the molecule is CCN(CCCO)CC(=O)NC(=O)c1ccc[nH]1. The summed E-state index contributed by atoms with van der Waals surface area (Å²) in [6.07, 6.45) is 2.24. The third-order valence-corrected chi connectivity index (χ3v) is 2.54. The molecule has 18 heavy (non-hydrogen) atoms. The van der Waals surface area contributed by atoms with Gasteiger partial charge in [-0.15, -0.1) is 0 Å². The Morgan fingerprint density at radius 2 is 2.28 bits per heavy atom. The van der Waals surface area contributed by atoms with E-state index in [1.54, 1.807) is 18.3 Å². The van der Waals surface area contributed by atoms with Gasteiger partial charge in [-0.1, -0.05) is 6.92 Å². The minimum absolute atomic E-state index is 0.0968. The van der Waals surface area contributed by atoms with Crippen LogP contribution in [0.1, 0.15) is 23.8 Å². The minimum atomic E-state index is -0.428. The van der Waals surface area contributed by atoms with Gasteiger partial charge in [0.25, 0.3) is 5.91 Å². The molecule has 1 heterocycles. The number of nitrogens with one attached hydrogen (secondary N) is 2. The summed E-state index contributed by atoms with van der Waals surface area (Å²) in [4.78, 5) is 27.8. The van der Waals surface area contributed by atoms with E-state index >= 15 is 0 Å². The molecule has 0 spiro atoms. The van der Waals surface area contributed by atoms with E-state index in [2.05, 4.69) is 10.3 Å². The first-order valence-electron chi connectivity index (χ1n) is 5.98. The monoisotopic (exact) mass is 253 g/mol. The van der Waals surface area contributed by atoms with Crippen molar-refractivity contribution in [3.63, 3.8) is 0 Å². The van der Waals surface area contributed by atoms with Crippen LogP contribution in [0.5, 0.6) is 0 Å². The summed E-state index contributed by atoms with van der Waals surface area (Å²) in [5, 5.41) is 11.0. The first kappa shape index (κ1) is 14.4. The Morgan fingerprint density at radius 3 is 2.83 bits per heavy atom. The molecule has 0 saturated carbocycles. The standard InChI is InChI=1S/C12H19N3O3/c1-2-15(7-4-8-16)9-11(17)14-12(18)10-5-3-6-13-10/h3,5-6,13,16H,2,4,7-9H2,1H3,(H,14,17,18). The highest BCUT2D eigenvalue weighted by Crippen LogP contribution is 1.95. The first-order chi connectivity index (χ1) is 8.67. The number of H-pyrrole nitrogens is 1. The maximum atomic E-state index is 11.6. The number of aromatic nitrogens is 1. The summed E-state index contributed by atoms with van der Waals surface area (Å²) in [6, 6.07) is 3.30. The van der Waals surface area contributed by atoms with E-state index in [1.165, 1.54) is 0 Å². The van der Waals surface area contributed by atoms with E-state index in [0.29, 0.717) is 25.2 Å². The normalized spacial score (nSPS) is 10.6. The smallest absolute Gasteiger partial charge is 0.274 e. The van der Waals surface area contributed by atoms with Crippen LogP contribution in [-0.4, -0.2) is 53.0 Å². The Labute approximate surface area is 106 Å². The summed E-state index contributed by atoms with van der Waals surface area (Å²) in [6.45, 7) is 3.52. The fourth-order valence-corrected chi connectivity index (χ4v) is 1.55. The Morgan fingerprint density at radius 1 is 1.50 bits per heavy atom. The second-order valence-corrected chi connectivity index (χ2v) is 3.91. The highest BCUT2D eigenvalue weighted by atomic mass is 16.3. The van der Waals surface area contributed by atoms with Gasteiger partial charge < -0.3 is 10.1 Å². The lowest BCUT2D eigenvalue weighted by atomic mass is 10.3. The Hall–Kier alpha value is -1.66. The molecule has 6 heteroatoms. The van der Waals surface area contributed by atoms with E-state index in [4.69, 9.17) is 5.11 Å². The van der Waals surface area contributed by atoms with Crippen LogP contribution >= 0.6 is 0 Å². The second kappa shape index (κ2) is 7.62. The quantitative estimate of drug-likeness (QED) is 0.637. The molecule has 0 aliphatic carbocycles. The van der Waals surface area contributed by atoms with Crippen molar-refractivity contribution < 1.29 is 14.7 Å². The Kier molecular flexibility index (Phi) is 6.10. The molecule has 0 saturated heterocycles. The molecule has 0 radical (unpaired) electrons. The average molecular weight is 253 g/mol. The second-order valence-electron chi connectivity index (χ2n) is 3.91. The lowest BCUT2D eigenvalue weighted by Crippen LogP contribution is -2.40. The summed E-state index contributed by atoms with van der Waals surface area (Å²) in [7, 11) is 0. The third-order valence-electron chi connectivity index (χ3n) is 2.54. The van der Waals surface area contributed by atoms with E-state index in [9.17, 15) is 9.59 Å². The lowest BCUT2D eigenvalue weighted by molar-refractivity contribution is -0.121. The van der Waals surface area contributed by atoms with Crippen molar-refractivity contribution in [2.45, 2.75) is 13.3 Å². The van der Waals surface area contributed by atoms with Gasteiger partial charge in [-0.05, 0) is 25.1 Å². The number of nitrogens with zero attached hydrogens (tertiary/aromatic N) is 1. The number of carbonyl (C=O) groups excluding carboxylic acids is 2. The topological polar surface area (TPSA) is 85.4 Å². The number of aliphatic hydroxyl groups is 1. The molecular weight excluding hydrogens is 234 g/mol. The van der Waals surface area contributed by atoms with Gasteiger partial charge in [-0.3, -0.25) is 19.8 Å². The Bertz CT molecular complexity index is 376. The molecule has 0 aromatic carbocycles. The highest BCUT2D eigenvalue weighted by Gasteiger charge is 2.13. The zero-order chi connectivity index (χ0) is 13.4. The first-order valence-corrected chi connectivity index (χ1v) is 5.98. The van der Waals surface area contributed by atoms with Gasteiger partial charge in [0.1, 0.15) is 5.69 Å². The molecule has 3 N–H and O–H groups in total. The number of hydrogen-bond donors (Lipinski definition) is 3. The zero-order valence-corrected chi connectivity index (χ0v) is 10.5. The number of amides is 2. The van der Waals surface area contributed by atoms with Crippen molar-refractivity contribution in [1.82, 2.24) is 15.2 Å². The fraction of sp³-hybridized carbons (Fsp3) is 0.500. The van der Waals surface area contributed by atoms with Crippen molar-refractivity contribution in [2.75, 3.05) is 26.2 Å². The van der Waals surface area contributed by atoms with Crippen LogP contribution in [0, 0.1) is 0 Å². The highest BCUT2D eigenvalue weighted by molar-refractivity contribution is 6.04. The molecule has 0 fully saturated rings. The zero-order valence-electron chi connectivity index (χ0n) is 10.5. The largest absolute Gasteiger partial charge is 0.396 e. The summed E-state index contributed by atoms with van der Waals surface area (Å²) in [5.74, 6) is -0.766. The fourth-order valence-electron chi connectivity index (χ4n) is 1.55. The van der Waals surface area contributed by atoms with Gasteiger partial charge in [0.05, 0.1) is 6.54 Å². The molecular formula is C12H19N3O3. The molecule has 100 valence electrons. The van der Waals surface area contributed by atoms with Gasteiger partial charge in [0.2, 0.25) is 5.91 Å². The summed E-state index contributed by atoms with van der Waals surface area (Å²) >= 11 is 0. The molecule has 0 aliphatic rings. The Balaban J connectivity index is 2.38. The van der Waals surface area contributed by atoms with Gasteiger partial charge in [0, 0.05) is 19.3 Å². The van der Waals surface area contributed by atoms with E-state index in [0.717, 1.165) is 0 Å². The molecule has 2 amide bonds. The van der Waals surface area contributed by atoms with Crippen molar-refractivity contribution in [3.8, 4) is 0 Å². The van der Waals surface area contributed by atoms with Crippen LogP contribution in [0.3, 0.4) is 0 Å². The van der Waals surface area contributed by atoms with Crippen molar-refractivity contribution in [1.29, 1.82) is 0 Å². The number of carbonyl (C=O) groups is 2. The van der Waals surface area contributed by atoms with Gasteiger partial charge in [0.15, 0.2) is 0 Å². The van der Waals surface area contributed by atoms with E-state index in [1.807, 2.05) is 11.8 Å². The van der Waals surface area contributed by atoms with Crippen LogP contribution in [0.2, 0.25) is 0 Å². The molecule has 0 aliphatic heterocycles. The van der Waals surface area contributed by atoms with Crippen molar-refractivity contribution in [2.24, 2.45) is 0 Å². The number of rotatable bonds is 7. The lowest BCUT2D eigenvalue weighted by Gasteiger charge is -2.18. The molecule has 0 unspecified atom stereocenters. The molecule has 1 aromatic heterocycles. The van der Waals surface area contributed by atoms with Crippen molar-refractivity contribution in [3.05, 3.63) is 24.0 Å². The number of likely N-dealkylation sites (N-methyl/N-ethyl adjacent to an activating group) is 1. The van der Waals surface area contributed by atoms with Crippen molar-refractivity contribution >= 4 is 11.8 Å². The van der Waals surface area contributed by atoms with Crippen LogP contribution in [0.15, 0.2) is 18.3 Å². The maximum Gasteiger partial charge on any atom is 0.274 e. The summed E-state index contributed by atoms with van der Waals surface area (Å²) < 4.78 is 0. The number of hydrogen-bond acceptors (Lipinski definition) is 4. The number of imide groups is 1. The number of aliphatic hydroxyl groups excluding tert-OH is 1. The number of aromatic amines is 1. The summed E-state index contributed by atoms with van der Waals surface area (Å²) in [5.41, 5.74) is 0.363. The molecule has 6 nitrogen and oxygen atoms in total. The van der Waals surface area contributed by atoms with Crippen LogP contribution in [0.4, 0.5) is 0 Å². The van der Waals surface area contributed by atoms with E-state index in [-0.39, 0.29) is 19.1 Å². The van der Waals surface area contributed by atoms with Crippen LogP contribution < -0.4 is 5.32 Å². The minimum Gasteiger partial charge on any atom is -0.396 e. The predicted octanol–water partition coefficient (Wildman–Crippen LogP) is -0.0246. The van der Waals surface area contributed by atoms with Crippen LogP contribution in [0.25, 0.3) is 0 Å². The molecule has 0 bridgehead atoms. The molecule has 1 rings (SSSR count). The van der Waals surface area contributed by atoms with E-state index < -0.39 is 5.91 Å². The average Bonchev–Trinajstić information content (AvgIpc) is 2.88. The van der Waals surface area contributed by atoms with Gasteiger partial charge >= 0.3 is 0 Å².